The van der Waals surface area contributed by atoms with Gasteiger partial charge in [-0.15, -0.1) is 15.6 Å². The molecule has 4 N–H and O–H groups in total. The Morgan fingerprint density at radius 3 is 2.82 bits per heavy atom. The van der Waals surface area contributed by atoms with E-state index in [9.17, 15) is 22.8 Å². The summed E-state index contributed by atoms with van der Waals surface area (Å²) in [6, 6.07) is 0. The highest BCUT2D eigenvalue weighted by Crippen LogP contribution is 2.40. The number of β-lactam (4-membered cyclic amide) rings is 1. The minimum absolute atomic E-state index is 0.114. The van der Waals surface area contributed by atoms with Crippen molar-refractivity contribution in [2.24, 2.45) is 11.0 Å². The molecule has 1 aromatic heterocycles. The van der Waals surface area contributed by atoms with E-state index in [2.05, 4.69) is 19.3 Å². The highest BCUT2D eigenvalue weighted by Gasteiger charge is 2.57. The van der Waals surface area contributed by atoms with Crippen LogP contribution in [0.4, 0.5) is 5.13 Å². The zero-order valence-electron chi connectivity index (χ0n) is 19.8. The van der Waals surface area contributed by atoms with Crippen LogP contribution in [0.2, 0.25) is 0 Å². The van der Waals surface area contributed by atoms with Gasteiger partial charge >= 0.3 is 16.4 Å². The van der Waals surface area contributed by atoms with Crippen LogP contribution in [0.3, 0.4) is 0 Å². The van der Waals surface area contributed by atoms with Gasteiger partial charge in [-0.25, -0.2) is 9.78 Å². The van der Waals surface area contributed by atoms with E-state index in [0.717, 1.165) is 16.7 Å². The molecule has 1 aromatic rings. The van der Waals surface area contributed by atoms with Crippen molar-refractivity contribution < 1.29 is 49.8 Å². The molecule has 2 atom stereocenters. The van der Waals surface area contributed by atoms with Gasteiger partial charge in [-0.3, -0.25) is 14.1 Å². The van der Waals surface area contributed by atoms with E-state index in [-0.39, 0.29) is 15.9 Å². The number of rotatable bonds is 9. The van der Waals surface area contributed by atoms with E-state index in [1.165, 1.54) is 0 Å². The van der Waals surface area contributed by atoms with Crippen LogP contribution in [0.1, 0.15) is 34.1 Å². The molecular weight excluding hydrogens is 420 g/mol. The number of nitrogen functional groups attached to an aromatic ring is 1. The molecule has 13 nitrogen and oxygen atoms in total. The van der Waals surface area contributed by atoms with Crippen molar-refractivity contribution in [3.63, 3.8) is 0 Å². The number of carboxylic acids is 1. The molecule has 1 fully saturated rings. The number of Topliss-reactive ketones (excluding diaryl/α,β-unsaturated/α-hetero) is 1. The van der Waals surface area contributed by atoms with Crippen molar-refractivity contribution in [2.45, 2.75) is 25.7 Å². The zero-order chi connectivity index (χ0) is 26.5. The van der Waals surface area contributed by atoms with Crippen molar-refractivity contribution in [2.75, 3.05) is 12.3 Å². The number of aliphatic carboxylic acids is 1. The number of thiazole rings is 1. The van der Waals surface area contributed by atoms with Crippen molar-refractivity contribution in [1.82, 2.24) is 10.0 Å². The number of hydrogen-bond acceptors (Lipinski definition) is 11. The molecule has 1 aliphatic heterocycles. The number of carbonyl (C=O) groups excluding carboxylic acids is 2. The van der Waals surface area contributed by atoms with E-state index in [4.69, 9.17) is 23.6 Å². The number of hydrogen-bond donors (Lipinski definition) is 3. The van der Waals surface area contributed by atoms with Gasteiger partial charge in [-0.2, -0.15) is 13.5 Å². The van der Waals surface area contributed by atoms with Gasteiger partial charge in [-0.1, -0.05) is 5.16 Å². The second-order valence-corrected chi connectivity index (χ2v) is 7.16. The maximum absolute atomic E-state index is 13.0. The Morgan fingerprint density at radius 1 is 1.64 bits per heavy atom. The molecule has 0 unspecified atom stereocenters. The molecule has 15 heteroatoms. The summed E-state index contributed by atoms with van der Waals surface area (Å²) in [7, 11) is -5.39. The summed E-state index contributed by atoms with van der Waals surface area (Å²) in [6.45, 7) is -6.03. The van der Waals surface area contributed by atoms with Crippen LogP contribution in [0.5, 0.6) is 0 Å². The number of aromatic nitrogens is 1. The van der Waals surface area contributed by atoms with Crippen LogP contribution in [-0.4, -0.2) is 63.6 Å². The lowest BCUT2D eigenvalue weighted by Gasteiger charge is -2.50. The number of carbonyl (C=O) groups is 3. The highest BCUT2D eigenvalue weighted by molar-refractivity contribution is 7.80. The van der Waals surface area contributed by atoms with Gasteiger partial charge < -0.3 is 15.7 Å². The molecule has 0 aromatic carbocycles. The molecule has 0 aliphatic carbocycles. The fraction of sp³-hybridized carbons (Fsp3) is 0.462. The normalized spacial score (nSPS) is 29.4. The number of hydroxylamine groups is 2. The van der Waals surface area contributed by atoms with Gasteiger partial charge in [0.05, 0.1) is 14.2 Å². The third-order valence-corrected chi connectivity index (χ3v) is 4.25. The Balaban J connectivity index is 2.51. The van der Waals surface area contributed by atoms with Crippen LogP contribution < -0.4 is 5.73 Å². The van der Waals surface area contributed by atoms with Gasteiger partial charge in [-0.05, 0) is 13.8 Å². The molecule has 1 aliphatic rings. The van der Waals surface area contributed by atoms with Crippen LogP contribution in [0.15, 0.2) is 10.5 Å². The van der Waals surface area contributed by atoms with Gasteiger partial charge in [0.2, 0.25) is 6.56 Å². The summed E-state index contributed by atoms with van der Waals surface area (Å²) in [5, 5.41) is 12.7. The van der Waals surface area contributed by atoms with Gasteiger partial charge in [0.25, 0.3) is 5.91 Å². The fourth-order valence-electron chi connectivity index (χ4n) is 2.04. The monoisotopic (exact) mass is 442 g/mol. The number of amides is 1. The topological polar surface area (TPSA) is 199 Å². The molecule has 1 amide bonds. The molecular formula is C13H16N4O9S2. The summed E-state index contributed by atoms with van der Waals surface area (Å²) < 4.78 is 80.7. The SMILES string of the molecule is [2H]C([2H])(O/N=C(\C(=O)C[C@]1([2H])C(=O)N(OS(=O)(=O)O)[C@]1(C)C([2H])([2H])[2H])c1csc(N)n1)C(=O)O. The largest absolute Gasteiger partial charge is 0.479 e. The number of oxime groups is 1. The molecule has 0 bridgehead atoms. The van der Waals surface area contributed by atoms with Crippen LogP contribution in [0, 0.1) is 5.89 Å². The fourth-order valence-corrected chi connectivity index (χ4v) is 3.00. The lowest BCUT2D eigenvalue weighted by Crippen LogP contribution is -2.68. The van der Waals surface area contributed by atoms with Gasteiger partial charge in [0.1, 0.15) is 5.69 Å². The van der Waals surface area contributed by atoms with Gasteiger partial charge in [0, 0.05) is 17.3 Å². The second-order valence-electron chi connectivity index (χ2n) is 5.26. The van der Waals surface area contributed by atoms with Crippen LogP contribution in [0.25, 0.3) is 0 Å². The summed E-state index contributed by atoms with van der Waals surface area (Å²) in [6.07, 6.45) is -1.30. The van der Waals surface area contributed by atoms with Gasteiger partial charge in [0.15, 0.2) is 16.6 Å². The Hall–Kier alpha value is -2.62. The standard InChI is InChI=1S/C13H16N4O9S2/c1-13(2)6(11(21)17(13)26-28(22,23)24)3-8(18)10(16-25-4-9(19)20)7-5-27-12(14)15-7/h5-6H,3-4H2,1-2H3,(H2,14,15)(H,19,20)(H,22,23,24)/b16-10-/t6-/m1/s1/i1D3,4D2,6D/t6-,13+. The third-order valence-electron chi connectivity index (χ3n) is 3.24. The molecule has 28 heavy (non-hydrogen) atoms. The summed E-state index contributed by atoms with van der Waals surface area (Å²) in [5.41, 5.74) is 1.41. The predicted octanol–water partition coefficient (Wildman–Crippen LogP) is -0.539. The first-order chi connectivity index (χ1) is 15.2. The van der Waals surface area contributed by atoms with Crippen molar-refractivity contribution >= 4 is 50.2 Å². The van der Waals surface area contributed by atoms with Crippen LogP contribution >= 0.6 is 11.3 Å². The molecule has 1 saturated heterocycles. The minimum atomic E-state index is -5.39. The number of anilines is 1. The maximum Gasteiger partial charge on any atom is 0.418 e. The average Bonchev–Trinajstić information content (AvgIpc) is 3.09. The van der Waals surface area contributed by atoms with Crippen LogP contribution in [-0.2, 0) is 33.9 Å². The first-order valence-corrected chi connectivity index (χ1v) is 9.17. The Bertz CT molecular complexity index is 1170. The smallest absolute Gasteiger partial charge is 0.418 e. The maximum atomic E-state index is 13.0. The Labute approximate surface area is 171 Å². The lowest BCUT2D eigenvalue weighted by molar-refractivity contribution is -0.228. The Morgan fingerprint density at radius 2 is 2.32 bits per heavy atom. The quantitative estimate of drug-likeness (QED) is 0.192. The molecule has 0 spiro atoms. The van der Waals surface area contributed by atoms with Crippen molar-refractivity contribution in [3.05, 3.63) is 11.1 Å². The van der Waals surface area contributed by atoms with E-state index < -0.39 is 65.0 Å². The number of nitrogens with zero attached hydrogens (tertiary/aromatic N) is 3. The second kappa shape index (κ2) is 7.78. The van der Waals surface area contributed by atoms with E-state index in [1.54, 1.807) is 0 Å². The third kappa shape index (κ3) is 4.80. The molecule has 154 valence electrons. The number of nitrogens with two attached hydrogens (primary N) is 1. The minimum Gasteiger partial charge on any atom is -0.479 e. The number of ketones is 1. The van der Waals surface area contributed by atoms with E-state index >= 15 is 0 Å². The zero-order valence-corrected chi connectivity index (χ0v) is 15.4. The first kappa shape index (κ1) is 14.4. The van der Waals surface area contributed by atoms with E-state index in [0.29, 0.717) is 6.92 Å². The van der Waals surface area contributed by atoms with Crippen molar-refractivity contribution in [1.29, 1.82) is 0 Å². The molecule has 0 radical (unpaired) electrons. The highest BCUT2D eigenvalue weighted by atomic mass is 32.3. The van der Waals surface area contributed by atoms with E-state index in [1.807, 2.05) is 0 Å². The van der Waals surface area contributed by atoms with Crippen molar-refractivity contribution in [3.8, 4) is 0 Å². The predicted molar refractivity (Wildman–Crippen MR) is 93.3 cm³/mol. The summed E-state index contributed by atoms with van der Waals surface area (Å²) >= 11 is 0.780. The molecule has 2 heterocycles. The molecule has 2 rings (SSSR count). The first-order valence-electron chi connectivity index (χ1n) is 9.93. The lowest BCUT2D eigenvalue weighted by atomic mass is 9.74. The number of carboxylic acid groups (broad SMARTS) is 1. The molecule has 0 saturated carbocycles. The summed E-state index contributed by atoms with van der Waals surface area (Å²) in [5.74, 6) is -7.98. The summed E-state index contributed by atoms with van der Waals surface area (Å²) in [4.78, 5) is 44.4. The Kier molecular flexibility index (Phi) is 4.00. The average molecular weight is 442 g/mol.